The molecule has 0 atom stereocenters. The lowest BCUT2D eigenvalue weighted by Crippen LogP contribution is -2.32. The third-order valence-electron chi connectivity index (χ3n) is 4.69. The molecule has 168 valence electrons. The molecular formula is C24H28ClN5OS. The van der Waals surface area contributed by atoms with E-state index in [1.807, 2.05) is 63.5 Å². The molecule has 0 unspecified atom stereocenters. The number of hydrogen-bond donors (Lipinski definition) is 1. The van der Waals surface area contributed by atoms with Crippen LogP contribution in [-0.2, 0) is 11.3 Å². The number of carbonyl (C=O) groups excluding carboxylic acids is 1. The molecule has 1 aromatic heterocycles. The molecule has 1 amide bonds. The first kappa shape index (κ1) is 24.0. The second kappa shape index (κ2) is 11.9. The quantitative estimate of drug-likeness (QED) is 0.263. The van der Waals surface area contributed by atoms with Crippen LogP contribution in [0.15, 0.2) is 65.8 Å². The van der Waals surface area contributed by atoms with Crippen LogP contribution in [0.2, 0.25) is 5.15 Å². The van der Waals surface area contributed by atoms with Crippen molar-refractivity contribution in [1.82, 2.24) is 14.9 Å². The zero-order chi connectivity index (χ0) is 22.9. The molecule has 8 heteroatoms. The van der Waals surface area contributed by atoms with E-state index < -0.39 is 0 Å². The highest BCUT2D eigenvalue weighted by atomic mass is 35.5. The van der Waals surface area contributed by atoms with Crippen LogP contribution in [0.3, 0.4) is 0 Å². The average molecular weight is 470 g/mol. The van der Waals surface area contributed by atoms with Crippen LogP contribution in [0.5, 0.6) is 0 Å². The van der Waals surface area contributed by atoms with Gasteiger partial charge in [0, 0.05) is 31.4 Å². The zero-order valence-electron chi connectivity index (χ0n) is 18.6. The van der Waals surface area contributed by atoms with Crippen LogP contribution in [0.4, 0.5) is 11.5 Å². The Kier molecular flexibility index (Phi) is 8.90. The first-order valence-electron chi connectivity index (χ1n) is 10.4. The van der Waals surface area contributed by atoms with Crippen LogP contribution in [0.25, 0.3) is 0 Å². The molecule has 3 rings (SSSR count). The number of carbonyl (C=O) groups is 1. The number of aromatic nitrogens is 2. The smallest absolute Gasteiger partial charge is 0.234 e. The number of anilines is 2. The van der Waals surface area contributed by atoms with Gasteiger partial charge in [0.25, 0.3) is 0 Å². The van der Waals surface area contributed by atoms with E-state index >= 15 is 0 Å². The third kappa shape index (κ3) is 7.82. The second-order valence-corrected chi connectivity index (χ2v) is 9.07. The predicted octanol–water partition coefficient (Wildman–Crippen LogP) is 4.74. The van der Waals surface area contributed by atoms with Crippen LogP contribution >= 0.6 is 23.4 Å². The number of hydrogen-bond acceptors (Lipinski definition) is 6. The van der Waals surface area contributed by atoms with Crippen molar-refractivity contribution in [3.8, 4) is 0 Å². The minimum Gasteiger partial charge on any atom is -0.351 e. The number of rotatable bonds is 10. The van der Waals surface area contributed by atoms with Crippen molar-refractivity contribution in [3.05, 3.63) is 76.9 Å². The lowest BCUT2D eigenvalue weighted by Gasteiger charge is -2.26. The summed E-state index contributed by atoms with van der Waals surface area (Å²) in [6.07, 6.45) is 0. The Labute approximate surface area is 199 Å². The van der Waals surface area contributed by atoms with Gasteiger partial charge in [0.1, 0.15) is 11.0 Å². The van der Waals surface area contributed by atoms with E-state index in [-0.39, 0.29) is 11.7 Å². The molecule has 2 aromatic carbocycles. The Balaban J connectivity index is 1.69. The lowest BCUT2D eigenvalue weighted by atomic mass is 10.2. The largest absolute Gasteiger partial charge is 0.351 e. The van der Waals surface area contributed by atoms with Crippen molar-refractivity contribution in [2.75, 3.05) is 43.2 Å². The molecule has 0 saturated carbocycles. The van der Waals surface area contributed by atoms with Crippen molar-refractivity contribution >= 4 is 40.8 Å². The molecule has 0 radical (unpaired) electrons. The molecule has 0 aliphatic rings. The number of halogens is 1. The fraction of sp³-hybridized carbons (Fsp3) is 0.292. The molecule has 3 aromatic rings. The topological polar surface area (TPSA) is 61.4 Å². The highest BCUT2D eigenvalue weighted by molar-refractivity contribution is 7.99. The summed E-state index contributed by atoms with van der Waals surface area (Å²) in [7, 11) is 4.09. The maximum atomic E-state index is 12.4. The van der Waals surface area contributed by atoms with Crippen molar-refractivity contribution in [2.45, 2.75) is 18.6 Å². The summed E-state index contributed by atoms with van der Waals surface area (Å²) in [6.45, 7) is 4.37. The summed E-state index contributed by atoms with van der Waals surface area (Å²) in [5.74, 6) is 0.833. The molecule has 1 N–H and O–H groups in total. The number of nitrogens with zero attached hydrogens (tertiary/aromatic N) is 4. The monoisotopic (exact) mass is 469 g/mol. The van der Waals surface area contributed by atoms with Crippen LogP contribution in [-0.4, -0.2) is 53.7 Å². The average Bonchev–Trinajstić information content (AvgIpc) is 2.77. The van der Waals surface area contributed by atoms with Gasteiger partial charge in [0.15, 0.2) is 5.16 Å². The first-order chi connectivity index (χ1) is 15.4. The van der Waals surface area contributed by atoms with E-state index in [0.29, 0.717) is 16.9 Å². The summed E-state index contributed by atoms with van der Waals surface area (Å²) in [4.78, 5) is 25.7. The standard InChI is InChI=1S/C24H28ClN5OS/c1-18-9-11-20(12-10-18)26-23(31)17-32-24-27-21(25)15-22(28-24)30(14-13-29(2)3)16-19-7-5-4-6-8-19/h4-12,15H,13-14,16-17H2,1-3H3,(H,26,31). The van der Waals surface area contributed by atoms with E-state index in [9.17, 15) is 4.79 Å². The SMILES string of the molecule is Cc1ccc(NC(=O)CSc2nc(Cl)cc(N(CCN(C)C)Cc3ccccc3)n2)cc1. The molecule has 0 aliphatic heterocycles. The summed E-state index contributed by atoms with van der Waals surface area (Å²) in [6, 6.07) is 19.7. The van der Waals surface area contributed by atoms with Gasteiger partial charge in [0.05, 0.1) is 5.75 Å². The molecule has 6 nitrogen and oxygen atoms in total. The second-order valence-electron chi connectivity index (χ2n) is 7.74. The minimum absolute atomic E-state index is 0.113. The number of nitrogens with one attached hydrogen (secondary N) is 1. The fourth-order valence-corrected chi connectivity index (χ4v) is 3.86. The lowest BCUT2D eigenvalue weighted by molar-refractivity contribution is -0.113. The van der Waals surface area contributed by atoms with E-state index in [0.717, 1.165) is 30.2 Å². The van der Waals surface area contributed by atoms with Gasteiger partial charge >= 0.3 is 0 Å². The van der Waals surface area contributed by atoms with Crippen molar-refractivity contribution in [2.24, 2.45) is 0 Å². The maximum Gasteiger partial charge on any atom is 0.234 e. The molecule has 0 aliphatic carbocycles. The van der Waals surface area contributed by atoms with Crippen molar-refractivity contribution < 1.29 is 4.79 Å². The number of amides is 1. The fourth-order valence-electron chi connectivity index (χ4n) is 2.98. The van der Waals surface area contributed by atoms with Gasteiger partial charge in [-0.15, -0.1) is 0 Å². The zero-order valence-corrected chi connectivity index (χ0v) is 20.2. The summed E-state index contributed by atoms with van der Waals surface area (Å²) in [5, 5.41) is 3.73. The van der Waals surface area contributed by atoms with E-state index in [2.05, 4.69) is 32.2 Å². The molecule has 32 heavy (non-hydrogen) atoms. The maximum absolute atomic E-state index is 12.4. The van der Waals surface area contributed by atoms with Gasteiger partial charge in [-0.25, -0.2) is 9.97 Å². The van der Waals surface area contributed by atoms with E-state index in [4.69, 9.17) is 16.6 Å². The van der Waals surface area contributed by atoms with Crippen molar-refractivity contribution in [3.63, 3.8) is 0 Å². The molecule has 0 saturated heterocycles. The van der Waals surface area contributed by atoms with Gasteiger partial charge in [0.2, 0.25) is 5.91 Å². The Morgan fingerprint density at radius 2 is 1.75 bits per heavy atom. The minimum atomic E-state index is -0.113. The molecule has 0 fully saturated rings. The highest BCUT2D eigenvalue weighted by Gasteiger charge is 2.14. The normalized spacial score (nSPS) is 10.9. The summed E-state index contributed by atoms with van der Waals surface area (Å²) < 4.78 is 0. The Morgan fingerprint density at radius 3 is 2.44 bits per heavy atom. The number of likely N-dealkylation sites (N-methyl/N-ethyl adjacent to an activating group) is 1. The van der Waals surface area contributed by atoms with Crippen LogP contribution in [0.1, 0.15) is 11.1 Å². The van der Waals surface area contributed by atoms with Gasteiger partial charge < -0.3 is 15.1 Å². The predicted molar refractivity (Wildman–Crippen MR) is 134 cm³/mol. The van der Waals surface area contributed by atoms with Crippen LogP contribution in [0, 0.1) is 6.92 Å². The third-order valence-corrected chi connectivity index (χ3v) is 5.73. The van der Waals surface area contributed by atoms with E-state index in [1.54, 1.807) is 6.07 Å². The van der Waals surface area contributed by atoms with Gasteiger partial charge in [-0.3, -0.25) is 4.79 Å². The Morgan fingerprint density at radius 1 is 1.03 bits per heavy atom. The Bertz CT molecular complexity index is 1010. The summed E-state index contributed by atoms with van der Waals surface area (Å²) >= 11 is 7.59. The Hall–Kier alpha value is -2.61. The first-order valence-corrected chi connectivity index (χ1v) is 11.7. The molecule has 0 bridgehead atoms. The van der Waals surface area contributed by atoms with Gasteiger partial charge in [-0.2, -0.15) is 0 Å². The highest BCUT2D eigenvalue weighted by Crippen LogP contribution is 2.23. The van der Waals surface area contributed by atoms with E-state index in [1.165, 1.54) is 17.3 Å². The molecule has 1 heterocycles. The van der Waals surface area contributed by atoms with Gasteiger partial charge in [-0.1, -0.05) is 71.4 Å². The summed E-state index contributed by atoms with van der Waals surface area (Å²) in [5.41, 5.74) is 3.10. The number of thioether (sulfide) groups is 1. The molecular weight excluding hydrogens is 442 g/mol. The molecule has 0 spiro atoms. The van der Waals surface area contributed by atoms with Crippen molar-refractivity contribution in [1.29, 1.82) is 0 Å². The number of benzene rings is 2. The number of aryl methyl sites for hydroxylation is 1. The van der Waals surface area contributed by atoms with Gasteiger partial charge in [-0.05, 0) is 38.7 Å². The van der Waals surface area contributed by atoms with Crippen LogP contribution < -0.4 is 10.2 Å².